The maximum absolute atomic E-state index is 12.4. The lowest BCUT2D eigenvalue weighted by Crippen LogP contribution is -2.11. The van der Waals surface area contributed by atoms with Crippen molar-refractivity contribution in [3.63, 3.8) is 0 Å². The van der Waals surface area contributed by atoms with Crippen LogP contribution < -0.4 is 11.1 Å². The summed E-state index contributed by atoms with van der Waals surface area (Å²) < 4.78 is 0. The van der Waals surface area contributed by atoms with Crippen LogP contribution in [0.1, 0.15) is 21.6 Å². The Hall–Kier alpha value is -2.34. The largest absolute Gasteiger partial charge is 0.326 e. The summed E-state index contributed by atoms with van der Waals surface area (Å²) in [7, 11) is 0. The molecular formula is C20H20ClN3OS. The Bertz CT molecular complexity index is 887. The topological polar surface area (TPSA) is 68.0 Å². The molecule has 3 aromatic rings. The van der Waals surface area contributed by atoms with Crippen molar-refractivity contribution in [1.82, 2.24) is 4.98 Å². The monoisotopic (exact) mass is 385 g/mol. The molecular weight excluding hydrogens is 366 g/mol. The second kappa shape index (κ2) is 9.38. The molecule has 4 nitrogen and oxygen atoms in total. The van der Waals surface area contributed by atoms with Crippen molar-refractivity contribution in [3.8, 4) is 0 Å². The molecule has 0 atom stereocenters. The van der Waals surface area contributed by atoms with Crippen LogP contribution in [0.4, 0.5) is 5.69 Å². The van der Waals surface area contributed by atoms with Crippen molar-refractivity contribution < 1.29 is 4.79 Å². The lowest BCUT2D eigenvalue weighted by molar-refractivity contribution is 0.102. The molecule has 1 amide bonds. The fraction of sp³-hybridized carbons (Fsp3) is 0.100. The molecule has 0 bridgehead atoms. The average Bonchev–Trinajstić information content (AvgIpc) is 2.62. The van der Waals surface area contributed by atoms with E-state index in [0.717, 1.165) is 26.9 Å². The van der Waals surface area contributed by atoms with E-state index in [9.17, 15) is 4.79 Å². The highest BCUT2D eigenvalue weighted by Gasteiger charge is 2.08. The zero-order valence-corrected chi connectivity index (χ0v) is 15.9. The third kappa shape index (κ3) is 5.33. The molecule has 0 saturated heterocycles. The molecule has 0 fully saturated rings. The zero-order chi connectivity index (χ0) is 17.6. The van der Waals surface area contributed by atoms with Crippen molar-refractivity contribution in [1.29, 1.82) is 0 Å². The highest BCUT2D eigenvalue weighted by atomic mass is 35.5. The lowest BCUT2D eigenvalue weighted by Gasteiger charge is -2.08. The van der Waals surface area contributed by atoms with Gasteiger partial charge in [-0.2, -0.15) is 0 Å². The highest BCUT2D eigenvalue weighted by Crippen LogP contribution is 2.28. The Labute approximate surface area is 163 Å². The first-order chi connectivity index (χ1) is 12.1. The van der Waals surface area contributed by atoms with E-state index in [-0.39, 0.29) is 18.3 Å². The molecule has 6 heteroatoms. The summed E-state index contributed by atoms with van der Waals surface area (Å²) in [6, 6.07) is 20.9. The van der Waals surface area contributed by atoms with E-state index in [0.29, 0.717) is 12.1 Å². The standard InChI is InChI=1S/C20H19N3OS.ClH/c1-14-10-15(13-21)11-19(22-14)25-18-9-5-6-16(12-18)20(24)23-17-7-3-2-4-8-17;/h2-12H,13,21H2,1H3,(H,23,24);1H. The Morgan fingerprint density at radius 1 is 1.08 bits per heavy atom. The number of carbonyl (C=O) groups is 1. The van der Waals surface area contributed by atoms with E-state index in [4.69, 9.17) is 5.73 Å². The van der Waals surface area contributed by atoms with Gasteiger partial charge in [-0.15, -0.1) is 12.4 Å². The molecule has 1 aromatic heterocycles. The van der Waals surface area contributed by atoms with Gasteiger partial charge in [-0.25, -0.2) is 4.98 Å². The number of rotatable bonds is 5. The molecule has 26 heavy (non-hydrogen) atoms. The summed E-state index contributed by atoms with van der Waals surface area (Å²) in [4.78, 5) is 17.9. The number of aryl methyl sites for hydroxylation is 1. The Morgan fingerprint density at radius 2 is 1.85 bits per heavy atom. The summed E-state index contributed by atoms with van der Waals surface area (Å²) in [5.41, 5.74) is 9.10. The number of halogens is 1. The van der Waals surface area contributed by atoms with Crippen molar-refractivity contribution in [2.45, 2.75) is 23.4 Å². The van der Waals surface area contributed by atoms with Gasteiger partial charge in [-0.05, 0) is 55.0 Å². The zero-order valence-electron chi connectivity index (χ0n) is 14.3. The predicted octanol–water partition coefficient (Wildman–Crippen LogP) is 4.67. The summed E-state index contributed by atoms with van der Waals surface area (Å²) in [6.07, 6.45) is 0. The SMILES string of the molecule is Cc1cc(CN)cc(Sc2cccc(C(=O)Nc3ccccc3)c2)n1.Cl. The van der Waals surface area contributed by atoms with E-state index in [1.54, 1.807) is 6.07 Å². The predicted molar refractivity (Wildman–Crippen MR) is 109 cm³/mol. The first-order valence-electron chi connectivity index (χ1n) is 7.96. The van der Waals surface area contributed by atoms with E-state index in [2.05, 4.69) is 10.3 Å². The quantitative estimate of drug-likeness (QED) is 0.669. The van der Waals surface area contributed by atoms with Crippen LogP contribution in [-0.4, -0.2) is 10.9 Å². The number of pyridine rings is 1. The molecule has 2 aromatic carbocycles. The number of hydrogen-bond donors (Lipinski definition) is 2. The number of nitrogens with one attached hydrogen (secondary N) is 1. The van der Waals surface area contributed by atoms with E-state index in [1.165, 1.54) is 11.8 Å². The third-order valence-corrected chi connectivity index (χ3v) is 4.48. The van der Waals surface area contributed by atoms with E-state index < -0.39 is 0 Å². The molecule has 0 aliphatic rings. The minimum absolute atomic E-state index is 0. The molecule has 1 heterocycles. The number of para-hydroxylation sites is 1. The molecule has 0 unspecified atom stereocenters. The second-order valence-corrected chi connectivity index (χ2v) is 6.70. The van der Waals surface area contributed by atoms with Crippen LogP contribution >= 0.6 is 24.2 Å². The number of nitrogens with two attached hydrogens (primary N) is 1. The average molecular weight is 386 g/mol. The van der Waals surface area contributed by atoms with Gasteiger partial charge in [0, 0.05) is 28.4 Å². The fourth-order valence-electron chi connectivity index (χ4n) is 2.42. The van der Waals surface area contributed by atoms with Crippen LogP contribution in [0.3, 0.4) is 0 Å². The van der Waals surface area contributed by atoms with Gasteiger partial charge in [0.05, 0.1) is 0 Å². The minimum atomic E-state index is -0.131. The highest BCUT2D eigenvalue weighted by molar-refractivity contribution is 7.99. The molecule has 0 aliphatic carbocycles. The molecule has 134 valence electrons. The van der Waals surface area contributed by atoms with Gasteiger partial charge < -0.3 is 11.1 Å². The summed E-state index contributed by atoms with van der Waals surface area (Å²) >= 11 is 1.52. The van der Waals surface area contributed by atoms with Crippen LogP contribution in [0.15, 0.2) is 76.7 Å². The molecule has 0 spiro atoms. The number of anilines is 1. The van der Waals surface area contributed by atoms with Gasteiger partial charge in [-0.3, -0.25) is 4.79 Å². The van der Waals surface area contributed by atoms with E-state index >= 15 is 0 Å². The van der Waals surface area contributed by atoms with Gasteiger partial charge in [0.25, 0.3) is 5.91 Å². The number of nitrogens with zero attached hydrogens (tertiary/aromatic N) is 1. The van der Waals surface area contributed by atoms with Crippen LogP contribution in [0.5, 0.6) is 0 Å². The van der Waals surface area contributed by atoms with Gasteiger partial charge in [0.2, 0.25) is 0 Å². The van der Waals surface area contributed by atoms with Crippen LogP contribution in [0.2, 0.25) is 0 Å². The lowest BCUT2D eigenvalue weighted by atomic mass is 10.2. The maximum Gasteiger partial charge on any atom is 0.255 e. The van der Waals surface area contributed by atoms with Gasteiger partial charge in [-0.1, -0.05) is 36.0 Å². The van der Waals surface area contributed by atoms with Crippen LogP contribution in [0.25, 0.3) is 0 Å². The van der Waals surface area contributed by atoms with Gasteiger partial charge >= 0.3 is 0 Å². The van der Waals surface area contributed by atoms with E-state index in [1.807, 2.05) is 67.6 Å². The van der Waals surface area contributed by atoms with Crippen LogP contribution in [-0.2, 0) is 6.54 Å². The first kappa shape index (κ1) is 20.0. The smallest absolute Gasteiger partial charge is 0.255 e. The van der Waals surface area contributed by atoms with Crippen molar-refractivity contribution in [2.75, 3.05) is 5.32 Å². The van der Waals surface area contributed by atoms with Gasteiger partial charge in [0.15, 0.2) is 0 Å². The minimum Gasteiger partial charge on any atom is -0.326 e. The van der Waals surface area contributed by atoms with Crippen LogP contribution in [0, 0.1) is 6.92 Å². The van der Waals surface area contributed by atoms with Crippen molar-refractivity contribution in [3.05, 3.63) is 83.6 Å². The Kier molecular flexibility index (Phi) is 7.21. The molecule has 3 rings (SSSR count). The summed E-state index contributed by atoms with van der Waals surface area (Å²) in [6.45, 7) is 2.43. The molecule has 3 N–H and O–H groups in total. The number of benzene rings is 2. The molecule has 0 radical (unpaired) electrons. The fourth-order valence-corrected chi connectivity index (χ4v) is 3.40. The van der Waals surface area contributed by atoms with Crippen molar-refractivity contribution >= 4 is 35.8 Å². The molecule has 0 aliphatic heterocycles. The maximum atomic E-state index is 12.4. The summed E-state index contributed by atoms with van der Waals surface area (Å²) in [5.74, 6) is -0.131. The first-order valence-corrected chi connectivity index (χ1v) is 8.77. The normalized spacial score (nSPS) is 10.1. The van der Waals surface area contributed by atoms with Gasteiger partial charge in [0.1, 0.15) is 5.03 Å². The number of hydrogen-bond acceptors (Lipinski definition) is 4. The summed E-state index contributed by atoms with van der Waals surface area (Å²) in [5, 5.41) is 3.77. The number of amides is 1. The number of carbonyl (C=O) groups excluding carboxylic acids is 1. The Morgan fingerprint density at radius 3 is 2.58 bits per heavy atom. The molecule has 0 saturated carbocycles. The Balaban J connectivity index is 0.00000243. The van der Waals surface area contributed by atoms with Crippen molar-refractivity contribution in [2.24, 2.45) is 5.73 Å². The number of aromatic nitrogens is 1. The second-order valence-electron chi connectivity index (χ2n) is 5.61. The third-order valence-electron chi connectivity index (χ3n) is 3.58.